The summed E-state index contributed by atoms with van der Waals surface area (Å²) in [5.41, 5.74) is 0.629. The van der Waals surface area contributed by atoms with E-state index in [4.69, 9.17) is 14.7 Å². The molecule has 6 nitrogen and oxygen atoms in total. The fourth-order valence-electron chi connectivity index (χ4n) is 1.44. The molecule has 7 heteroatoms. The van der Waals surface area contributed by atoms with Gasteiger partial charge in [0, 0.05) is 6.20 Å². The summed E-state index contributed by atoms with van der Waals surface area (Å²) < 4.78 is 9.68. The summed E-state index contributed by atoms with van der Waals surface area (Å²) >= 11 is 1.19. The number of hydrogen-bond donors (Lipinski definition) is 1. The third-order valence-corrected chi connectivity index (χ3v) is 3.50. The third-order valence-electron chi connectivity index (χ3n) is 2.35. The first kappa shape index (κ1) is 16.7. The predicted octanol–water partition coefficient (Wildman–Crippen LogP) is 2.62. The molecule has 0 saturated carbocycles. The maximum absolute atomic E-state index is 11.7. The van der Waals surface area contributed by atoms with Crippen LogP contribution in [0, 0.1) is 18.3 Å². The number of nitrogens with one attached hydrogen (secondary N) is 1. The molecular weight excluding hydrogens is 292 g/mol. The van der Waals surface area contributed by atoms with Gasteiger partial charge in [-0.05, 0) is 32.4 Å². The van der Waals surface area contributed by atoms with E-state index in [9.17, 15) is 9.59 Å². The molecule has 0 atom stereocenters. The van der Waals surface area contributed by atoms with E-state index in [1.54, 1.807) is 32.9 Å². The van der Waals surface area contributed by atoms with Crippen LogP contribution in [0.1, 0.15) is 29.1 Å². The summed E-state index contributed by atoms with van der Waals surface area (Å²) in [6, 6.07) is 3.50. The zero-order valence-corrected chi connectivity index (χ0v) is 12.9. The molecule has 0 amide bonds. The number of rotatable bonds is 6. The van der Waals surface area contributed by atoms with Crippen molar-refractivity contribution in [1.82, 2.24) is 0 Å². The van der Waals surface area contributed by atoms with Crippen molar-refractivity contribution in [1.29, 1.82) is 5.26 Å². The molecule has 1 aromatic rings. The van der Waals surface area contributed by atoms with Crippen LogP contribution >= 0.6 is 11.3 Å². The maximum atomic E-state index is 11.7. The van der Waals surface area contributed by atoms with Crippen molar-refractivity contribution in [3.05, 3.63) is 28.3 Å². The second-order valence-corrected chi connectivity index (χ2v) is 4.93. The molecular formula is C14H16N2O4S. The molecule has 0 saturated heterocycles. The lowest BCUT2D eigenvalue weighted by atomic mass is 10.3. The van der Waals surface area contributed by atoms with Crippen LogP contribution in [-0.4, -0.2) is 25.2 Å². The van der Waals surface area contributed by atoms with Crippen molar-refractivity contribution < 1.29 is 19.1 Å². The highest BCUT2D eigenvalue weighted by atomic mass is 32.1. The summed E-state index contributed by atoms with van der Waals surface area (Å²) in [5, 5.41) is 12.3. The first-order chi connectivity index (χ1) is 10.0. The first-order valence-electron chi connectivity index (χ1n) is 6.34. The van der Waals surface area contributed by atoms with Crippen LogP contribution in [0.3, 0.4) is 0 Å². The number of nitrogens with zero attached hydrogens (tertiary/aromatic N) is 1. The van der Waals surface area contributed by atoms with Crippen LogP contribution in [0.5, 0.6) is 0 Å². The number of esters is 2. The minimum atomic E-state index is -0.689. The van der Waals surface area contributed by atoms with Crippen molar-refractivity contribution >= 4 is 28.3 Å². The molecule has 0 aliphatic carbocycles. The minimum absolute atomic E-state index is 0.138. The van der Waals surface area contributed by atoms with Crippen molar-refractivity contribution in [2.24, 2.45) is 0 Å². The smallest absolute Gasteiger partial charge is 0.350 e. The van der Waals surface area contributed by atoms with E-state index in [1.165, 1.54) is 17.5 Å². The summed E-state index contributed by atoms with van der Waals surface area (Å²) in [5.74, 6) is -1.07. The molecule has 112 valence electrons. The Morgan fingerprint density at radius 2 is 2.05 bits per heavy atom. The Labute approximate surface area is 127 Å². The van der Waals surface area contributed by atoms with Gasteiger partial charge in [-0.25, -0.2) is 9.59 Å². The molecule has 0 unspecified atom stereocenters. The second-order valence-electron chi connectivity index (χ2n) is 3.88. The van der Waals surface area contributed by atoms with Gasteiger partial charge in [0.25, 0.3) is 0 Å². The van der Waals surface area contributed by atoms with Crippen molar-refractivity contribution in [2.75, 3.05) is 18.5 Å². The Morgan fingerprint density at radius 1 is 1.38 bits per heavy atom. The Morgan fingerprint density at radius 3 is 2.62 bits per heavy atom. The van der Waals surface area contributed by atoms with Crippen LogP contribution in [0.15, 0.2) is 17.8 Å². The number of anilines is 1. The van der Waals surface area contributed by atoms with Gasteiger partial charge in [0.2, 0.25) is 0 Å². The molecule has 0 radical (unpaired) electrons. The minimum Gasteiger partial charge on any atom is -0.462 e. The Balaban J connectivity index is 2.85. The standard InChI is InChI=1S/C14H16N2O4S/c1-4-19-13(17)10(7-15)8-16-11-6-9(3)12(21-11)14(18)20-5-2/h6,8,16H,4-5H2,1-3H3/b10-8-. The van der Waals surface area contributed by atoms with Crippen molar-refractivity contribution in [2.45, 2.75) is 20.8 Å². The molecule has 1 heterocycles. The van der Waals surface area contributed by atoms with Gasteiger partial charge in [0.1, 0.15) is 10.9 Å². The number of ether oxygens (including phenoxy) is 2. The normalized spacial score (nSPS) is 10.7. The number of carbonyl (C=O) groups is 2. The van der Waals surface area contributed by atoms with E-state index in [-0.39, 0.29) is 18.1 Å². The number of hydrogen-bond acceptors (Lipinski definition) is 7. The van der Waals surface area contributed by atoms with Gasteiger partial charge in [-0.15, -0.1) is 11.3 Å². The van der Waals surface area contributed by atoms with Gasteiger partial charge in [-0.1, -0.05) is 0 Å². The van der Waals surface area contributed by atoms with E-state index in [0.29, 0.717) is 16.5 Å². The molecule has 21 heavy (non-hydrogen) atoms. The summed E-state index contributed by atoms with van der Waals surface area (Å²) in [6.07, 6.45) is 1.26. The molecule has 0 aliphatic heterocycles. The molecule has 1 N–H and O–H groups in total. The predicted molar refractivity (Wildman–Crippen MR) is 79.0 cm³/mol. The lowest BCUT2D eigenvalue weighted by molar-refractivity contribution is -0.138. The highest BCUT2D eigenvalue weighted by Crippen LogP contribution is 2.27. The Hall–Kier alpha value is -2.33. The Kier molecular flexibility index (Phi) is 6.43. The number of carbonyl (C=O) groups excluding carboxylic acids is 2. The van der Waals surface area contributed by atoms with Gasteiger partial charge in [0.05, 0.1) is 18.2 Å². The van der Waals surface area contributed by atoms with Crippen LogP contribution < -0.4 is 5.32 Å². The average Bonchev–Trinajstić information content (AvgIpc) is 2.81. The van der Waals surface area contributed by atoms with Gasteiger partial charge in [-0.2, -0.15) is 5.26 Å². The van der Waals surface area contributed by atoms with E-state index in [0.717, 1.165) is 5.56 Å². The topological polar surface area (TPSA) is 88.4 Å². The monoisotopic (exact) mass is 308 g/mol. The fraction of sp³-hybridized carbons (Fsp3) is 0.357. The highest BCUT2D eigenvalue weighted by Gasteiger charge is 2.15. The molecule has 0 bridgehead atoms. The van der Waals surface area contributed by atoms with Gasteiger partial charge in [-0.3, -0.25) is 0 Å². The maximum Gasteiger partial charge on any atom is 0.350 e. The van der Waals surface area contributed by atoms with Gasteiger partial charge < -0.3 is 14.8 Å². The third kappa shape index (κ3) is 4.61. The number of nitriles is 1. The lowest BCUT2D eigenvalue weighted by Gasteiger charge is -2.00. The van der Waals surface area contributed by atoms with Crippen LogP contribution in [0.25, 0.3) is 0 Å². The SMILES string of the molecule is CCOC(=O)/C(C#N)=C\Nc1cc(C)c(C(=O)OCC)s1. The summed E-state index contributed by atoms with van der Waals surface area (Å²) in [7, 11) is 0. The molecule has 0 spiro atoms. The fourth-order valence-corrected chi connectivity index (χ4v) is 2.38. The molecule has 0 fully saturated rings. The number of thiophene rings is 1. The molecule has 1 aromatic heterocycles. The van der Waals surface area contributed by atoms with Gasteiger partial charge in [0.15, 0.2) is 5.57 Å². The van der Waals surface area contributed by atoms with E-state index < -0.39 is 5.97 Å². The van der Waals surface area contributed by atoms with Crippen LogP contribution in [0.4, 0.5) is 5.00 Å². The van der Waals surface area contributed by atoms with E-state index >= 15 is 0 Å². The molecule has 0 aromatic carbocycles. The highest BCUT2D eigenvalue weighted by molar-refractivity contribution is 7.18. The van der Waals surface area contributed by atoms with Crippen LogP contribution in [0.2, 0.25) is 0 Å². The van der Waals surface area contributed by atoms with Crippen LogP contribution in [-0.2, 0) is 14.3 Å². The summed E-state index contributed by atoms with van der Waals surface area (Å²) in [6.45, 7) is 5.69. The summed E-state index contributed by atoms with van der Waals surface area (Å²) in [4.78, 5) is 23.6. The molecule has 1 rings (SSSR count). The quantitative estimate of drug-likeness (QED) is 0.494. The van der Waals surface area contributed by atoms with E-state index in [1.807, 2.05) is 0 Å². The van der Waals surface area contributed by atoms with E-state index in [2.05, 4.69) is 5.32 Å². The average molecular weight is 308 g/mol. The first-order valence-corrected chi connectivity index (χ1v) is 7.16. The lowest BCUT2D eigenvalue weighted by Crippen LogP contribution is -2.07. The Bertz CT molecular complexity index is 599. The zero-order valence-electron chi connectivity index (χ0n) is 12.1. The van der Waals surface area contributed by atoms with Crippen molar-refractivity contribution in [3.63, 3.8) is 0 Å². The molecule has 0 aliphatic rings. The van der Waals surface area contributed by atoms with Gasteiger partial charge >= 0.3 is 11.9 Å². The van der Waals surface area contributed by atoms with Crippen molar-refractivity contribution in [3.8, 4) is 6.07 Å². The largest absolute Gasteiger partial charge is 0.462 e. The zero-order chi connectivity index (χ0) is 15.8. The second kappa shape index (κ2) is 8.07. The number of aryl methyl sites for hydroxylation is 1.